The molecule has 22 heavy (non-hydrogen) atoms. The number of methoxy groups -OCH3 is 1. The van der Waals surface area contributed by atoms with Gasteiger partial charge in [-0.05, 0) is 13.0 Å². The molecule has 0 radical (unpaired) electrons. The second-order valence-corrected chi connectivity index (χ2v) is 5.37. The first-order valence-electron chi connectivity index (χ1n) is 7.37. The van der Waals surface area contributed by atoms with Crippen LogP contribution in [-0.4, -0.2) is 47.7 Å². The van der Waals surface area contributed by atoms with E-state index in [1.165, 1.54) is 0 Å². The van der Waals surface area contributed by atoms with Gasteiger partial charge in [0.25, 0.3) is 5.91 Å². The lowest BCUT2D eigenvalue weighted by atomic mass is 10.0. The van der Waals surface area contributed by atoms with Gasteiger partial charge in [0, 0.05) is 30.9 Å². The molecule has 6 heteroatoms. The zero-order chi connectivity index (χ0) is 15.5. The SMILES string of the molecule is COc1ccccc1C1CNCCN1C(=O)c1cn[nH]c1C. The number of hydrogen-bond donors (Lipinski definition) is 2. The molecule has 2 heterocycles. The lowest BCUT2D eigenvalue weighted by Crippen LogP contribution is -2.48. The first-order valence-corrected chi connectivity index (χ1v) is 7.37. The summed E-state index contributed by atoms with van der Waals surface area (Å²) in [6.45, 7) is 4.02. The van der Waals surface area contributed by atoms with Crippen LogP contribution in [0.3, 0.4) is 0 Å². The van der Waals surface area contributed by atoms with Crippen molar-refractivity contribution in [1.29, 1.82) is 0 Å². The molecule has 1 fully saturated rings. The van der Waals surface area contributed by atoms with E-state index in [0.29, 0.717) is 18.7 Å². The quantitative estimate of drug-likeness (QED) is 0.901. The average Bonchev–Trinajstić information content (AvgIpc) is 3.00. The molecule has 2 aromatic rings. The summed E-state index contributed by atoms with van der Waals surface area (Å²) in [6, 6.07) is 7.80. The van der Waals surface area contributed by atoms with Crippen LogP contribution < -0.4 is 10.1 Å². The van der Waals surface area contributed by atoms with Crippen molar-refractivity contribution in [2.75, 3.05) is 26.7 Å². The van der Waals surface area contributed by atoms with E-state index < -0.39 is 0 Å². The predicted molar refractivity (Wildman–Crippen MR) is 83.0 cm³/mol. The average molecular weight is 300 g/mol. The van der Waals surface area contributed by atoms with Gasteiger partial charge in [0.2, 0.25) is 0 Å². The molecule has 116 valence electrons. The number of aromatic nitrogens is 2. The Labute approximate surface area is 129 Å². The van der Waals surface area contributed by atoms with Crippen molar-refractivity contribution in [2.24, 2.45) is 0 Å². The summed E-state index contributed by atoms with van der Waals surface area (Å²) < 4.78 is 5.46. The molecule has 1 unspecified atom stereocenters. The molecule has 0 bridgehead atoms. The Bertz CT molecular complexity index is 668. The molecule has 1 aromatic carbocycles. The van der Waals surface area contributed by atoms with Gasteiger partial charge < -0.3 is 15.0 Å². The van der Waals surface area contributed by atoms with Gasteiger partial charge in [-0.2, -0.15) is 5.10 Å². The lowest BCUT2D eigenvalue weighted by Gasteiger charge is -2.37. The molecule has 0 saturated carbocycles. The summed E-state index contributed by atoms with van der Waals surface area (Å²) in [7, 11) is 1.65. The number of benzene rings is 1. The van der Waals surface area contributed by atoms with E-state index in [4.69, 9.17) is 4.74 Å². The van der Waals surface area contributed by atoms with Crippen LogP contribution in [-0.2, 0) is 0 Å². The predicted octanol–water partition coefficient (Wildman–Crippen LogP) is 1.51. The largest absolute Gasteiger partial charge is 0.496 e. The van der Waals surface area contributed by atoms with E-state index in [-0.39, 0.29) is 11.9 Å². The van der Waals surface area contributed by atoms with E-state index >= 15 is 0 Å². The topological polar surface area (TPSA) is 70.2 Å². The lowest BCUT2D eigenvalue weighted by molar-refractivity contribution is 0.0631. The minimum absolute atomic E-state index is 0.00339. The van der Waals surface area contributed by atoms with Crippen LogP contribution in [0.4, 0.5) is 0 Å². The highest BCUT2D eigenvalue weighted by Gasteiger charge is 2.31. The summed E-state index contributed by atoms with van der Waals surface area (Å²) in [5.74, 6) is 0.807. The smallest absolute Gasteiger partial charge is 0.257 e. The third kappa shape index (κ3) is 2.57. The van der Waals surface area contributed by atoms with Crippen molar-refractivity contribution >= 4 is 5.91 Å². The molecule has 6 nitrogen and oxygen atoms in total. The van der Waals surface area contributed by atoms with Crippen molar-refractivity contribution in [3.63, 3.8) is 0 Å². The van der Waals surface area contributed by atoms with Crippen LogP contribution in [0.5, 0.6) is 5.75 Å². The number of nitrogens with zero attached hydrogens (tertiary/aromatic N) is 2. The van der Waals surface area contributed by atoms with Gasteiger partial charge in [-0.25, -0.2) is 0 Å². The number of H-pyrrole nitrogens is 1. The highest BCUT2D eigenvalue weighted by Crippen LogP contribution is 2.31. The first kappa shape index (κ1) is 14.6. The number of para-hydroxylation sites is 1. The summed E-state index contributed by atoms with van der Waals surface area (Å²) >= 11 is 0. The summed E-state index contributed by atoms with van der Waals surface area (Å²) in [4.78, 5) is 14.8. The monoisotopic (exact) mass is 300 g/mol. The van der Waals surface area contributed by atoms with Gasteiger partial charge in [0.1, 0.15) is 5.75 Å². The van der Waals surface area contributed by atoms with E-state index in [2.05, 4.69) is 15.5 Å². The van der Waals surface area contributed by atoms with Crippen LogP contribution in [0.25, 0.3) is 0 Å². The molecule has 3 rings (SSSR count). The number of rotatable bonds is 3. The molecule has 2 N–H and O–H groups in total. The molecule has 1 saturated heterocycles. The van der Waals surface area contributed by atoms with E-state index in [0.717, 1.165) is 23.6 Å². The molecular weight excluding hydrogens is 280 g/mol. The van der Waals surface area contributed by atoms with E-state index in [1.54, 1.807) is 13.3 Å². The Morgan fingerprint density at radius 2 is 2.23 bits per heavy atom. The van der Waals surface area contributed by atoms with Crippen LogP contribution >= 0.6 is 0 Å². The maximum atomic E-state index is 12.9. The van der Waals surface area contributed by atoms with Crippen LogP contribution in [0.15, 0.2) is 30.5 Å². The number of piperazine rings is 1. The Hall–Kier alpha value is -2.34. The standard InChI is InChI=1S/C16H20N4O2/c1-11-13(9-18-19-11)16(21)20-8-7-17-10-14(20)12-5-3-4-6-15(12)22-2/h3-6,9,14,17H,7-8,10H2,1-2H3,(H,18,19). The third-order valence-corrected chi connectivity index (χ3v) is 4.06. The van der Waals surface area contributed by atoms with Crippen molar-refractivity contribution in [3.8, 4) is 5.75 Å². The molecule has 1 aliphatic rings. The molecule has 1 aromatic heterocycles. The van der Waals surface area contributed by atoms with Crippen LogP contribution in [0, 0.1) is 6.92 Å². The Balaban J connectivity index is 1.95. The minimum Gasteiger partial charge on any atom is -0.496 e. The van der Waals surface area contributed by atoms with Gasteiger partial charge in [0.15, 0.2) is 0 Å². The Morgan fingerprint density at radius 3 is 2.95 bits per heavy atom. The Morgan fingerprint density at radius 1 is 1.41 bits per heavy atom. The minimum atomic E-state index is -0.0494. The molecule has 1 atom stereocenters. The van der Waals surface area contributed by atoms with Gasteiger partial charge in [-0.15, -0.1) is 0 Å². The molecule has 0 aliphatic carbocycles. The second-order valence-electron chi connectivity index (χ2n) is 5.37. The number of amides is 1. The van der Waals surface area contributed by atoms with Gasteiger partial charge in [-0.3, -0.25) is 9.89 Å². The fraction of sp³-hybridized carbons (Fsp3) is 0.375. The zero-order valence-electron chi connectivity index (χ0n) is 12.8. The van der Waals surface area contributed by atoms with Crippen molar-refractivity contribution < 1.29 is 9.53 Å². The molecule has 0 spiro atoms. The fourth-order valence-corrected chi connectivity index (χ4v) is 2.89. The number of aromatic amines is 1. The van der Waals surface area contributed by atoms with Crippen molar-refractivity contribution in [3.05, 3.63) is 47.3 Å². The van der Waals surface area contributed by atoms with E-state index in [1.807, 2.05) is 36.1 Å². The molecular formula is C16H20N4O2. The fourth-order valence-electron chi connectivity index (χ4n) is 2.89. The number of carbonyl (C=O) groups excluding carboxylic acids is 1. The maximum absolute atomic E-state index is 12.9. The number of carbonyl (C=O) groups is 1. The van der Waals surface area contributed by atoms with E-state index in [9.17, 15) is 4.79 Å². The third-order valence-electron chi connectivity index (χ3n) is 4.06. The number of aryl methyl sites for hydroxylation is 1. The van der Waals surface area contributed by atoms with Crippen LogP contribution in [0.1, 0.15) is 27.7 Å². The summed E-state index contributed by atoms with van der Waals surface area (Å²) in [6.07, 6.45) is 1.60. The van der Waals surface area contributed by atoms with Gasteiger partial charge in [-0.1, -0.05) is 18.2 Å². The van der Waals surface area contributed by atoms with Gasteiger partial charge >= 0.3 is 0 Å². The number of nitrogens with one attached hydrogen (secondary N) is 2. The van der Waals surface area contributed by atoms with Crippen molar-refractivity contribution in [2.45, 2.75) is 13.0 Å². The zero-order valence-corrected chi connectivity index (χ0v) is 12.8. The van der Waals surface area contributed by atoms with Gasteiger partial charge in [0.05, 0.1) is 24.9 Å². The number of hydrogen-bond acceptors (Lipinski definition) is 4. The Kier molecular flexibility index (Phi) is 4.11. The molecule has 1 amide bonds. The van der Waals surface area contributed by atoms with Crippen LogP contribution in [0.2, 0.25) is 0 Å². The number of ether oxygens (including phenoxy) is 1. The second kappa shape index (κ2) is 6.19. The maximum Gasteiger partial charge on any atom is 0.257 e. The summed E-state index contributed by atoms with van der Waals surface area (Å²) in [5, 5.41) is 10.1. The summed E-state index contributed by atoms with van der Waals surface area (Å²) in [5.41, 5.74) is 2.44. The molecule has 1 aliphatic heterocycles. The highest BCUT2D eigenvalue weighted by atomic mass is 16.5. The highest BCUT2D eigenvalue weighted by molar-refractivity contribution is 5.95. The normalized spacial score (nSPS) is 18.3. The first-order chi connectivity index (χ1) is 10.7. The van der Waals surface area contributed by atoms with Crippen molar-refractivity contribution in [1.82, 2.24) is 20.4 Å².